The Kier molecular flexibility index (Phi) is 8.26. The summed E-state index contributed by atoms with van der Waals surface area (Å²) in [5.74, 6) is -0.891. The fourth-order valence-corrected chi connectivity index (χ4v) is 5.11. The minimum absolute atomic E-state index is 0.155. The molecule has 1 amide bonds. The molecular formula is C25H33N3O3P2. The Hall–Kier alpha value is -2.29. The molecule has 0 saturated heterocycles. The van der Waals surface area contributed by atoms with Crippen LogP contribution in [0.15, 0.2) is 47.6 Å². The van der Waals surface area contributed by atoms with Crippen molar-refractivity contribution in [2.24, 2.45) is 11.0 Å². The Balaban J connectivity index is 2.14. The summed E-state index contributed by atoms with van der Waals surface area (Å²) in [5.41, 5.74) is 2.88. The number of aryl methyl sites for hydroxylation is 1. The van der Waals surface area contributed by atoms with Gasteiger partial charge in [-0.05, 0) is 48.6 Å². The van der Waals surface area contributed by atoms with Crippen LogP contribution in [0.2, 0.25) is 0 Å². The number of ether oxygens (including phenoxy) is 1. The molecule has 2 aromatic carbocycles. The number of carbonyl (C=O) groups is 2. The van der Waals surface area contributed by atoms with Crippen molar-refractivity contribution in [3.8, 4) is 0 Å². The number of carbonyl (C=O) groups excluding carboxylic acids is 2. The van der Waals surface area contributed by atoms with Gasteiger partial charge in [-0.25, -0.2) is 5.01 Å². The van der Waals surface area contributed by atoms with Gasteiger partial charge in [-0.15, -0.1) is 18.5 Å². The van der Waals surface area contributed by atoms with Crippen molar-refractivity contribution in [2.45, 2.75) is 45.6 Å². The molecule has 8 heteroatoms. The molecule has 4 atom stereocenters. The number of esters is 1. The summed E-state index contributed by atoms with van der Waals surface area (Å²) < 4.78 is 4.73. The highest BCUT2D eigenvalue weighted by Gasteiger charge is 2.53. The molecule has 6 nitrogen and oxygen atoms in total. The van der Waals surface area contributed by atoms with Gasteiger partial charge in [0.15, 0.2) is 0 Å². The monoisotopic (exact) mass is 485 g/mol. The van der Waals surface area contributed by atoms with Crippen LogP contribution in [0.1, 0.15) is 44.2 Å². The van der Waals surface area contributed by atoms with Crippen molar-refractivity contribution in [3.63, 3.8) is 0 Å². The van der Waals surface area contributed by atoms with Crippen LogP contribution in [0.5, 0.6) is 0 Å². The lowest BCUT2D eigenvalue weighted by atomic mass is 9.77. The standard InChI is InChI=1S/C25H33N3O3P2/c1-5-6-7-19-23(17-10-8-16(2)9-11-17)27-28(20-13-12-18(32)14-21(20)33)25(19,3)24(30)26-15-22(29)31-4/h8-14,19H,5-7,15,32-33H2,1-4H3,(H,26,30). The first kappa shape index (κ1) is 25.3. The third-order valence-electron chi connectivity index (χ3n) is 6.21. The zero-order valence-corrected chi connectivity index (χ0v) is 22.0. The molecule has 176 valence electrons. The molecule has 0 bridgehead atoms. The van der Waals surface area contributed by atoms with E-state index in [4.69, 9.17) is 9.84 Å². The van der Waals surface area contributed by atoms with Crippen LogP contribution >= 0.6 is 18.5 Å². The average molecular weight is 486 g/mol. The summed E-state index contributed by atoms with van der Waals surface area (Å²) in [7, 11) is 6.76. The first-order chi connectivity index (χ1) is 15.7. The molecule has 4 unspecified atom stereocenters. The molecule has 1 N–H and O–H groups in total. The second-order valence-corrected chi connectivity index (χ2v) is 9.87. The SMILES string of the molecule is CCCCC1C(c2ccc(C)cc2)=NN(c2ccc(P)cc2P)C1(C)C(=O)NCC(=O)OC. The molecule has 1 heterocycles. The Labute approximate surface area is 200 Å². The van der Waals surface area contributed by atoms with E-state index in [0.29, 0.717) is 0 Å². The largest absolute Gasteiger partial charge is 0.468 e. The number of nitrogens with zero attached hydrogens (tertiary/aromatic N) is 2. The second-order valence-electron chi connectivity index (χ2n) is 8.58. The summed E-state index contributed by atoms with van der Waals surface area (Å²) in [4.78, 5) is 25.5. The van der Waals surface area contributed by atoms with E-state index in [9.17, 15) is 9.59 Å². The number of amides is 1. The Bertz CT molecular complexity index is 1060. The van der Waals surface area contributed by atoms with Crippen molar-refractivity contribution < 1.29 is 14.3 Å². The quantitative estimate of drug-likeness (QED) is 0.461. The highest BCUT2D eigenvalue weighted by molar-refractivity contribution is 7.29. The molecule has 0 radical (unpaired) electrons. The number of rotatable bonds is 8. The van der Waals surface area contributed by atoms with Gasteiger partial charge in [0.1, 0.15) is 12.1 Å². The molecule has 2 aromatic rings. The molecule has 0 saturated carbocycles. The van der Waals surface area contributed by atoms with Gasteiger partial charge in [-0.1, -0.05) is 55.7 Å². The molecule has 3 rings (SSSR count). The maximum atomic E-state index is 13.7. The lowest BCUT2D eigenvalue weighted by Gasteiger charge is -2.38. The van der Waals surface area contributed by atoms with E-state index in [1.807, 2.05) is 30.1 Å². The van der Waals surface area contributed by atoms with Gasteiger partial charge in [0.25, 0.3) is 0 Å². The Morgan fingerprint density at radius 3 is 2.48 bits per heavy atom. The summed E-state index contributed by atoms with van der Waals surface area (Å²) in [6.45, 7) is 5.93. The van der Waals surface area contributed by atoms with Gasteiger partial charge < -0.3 is 10.1 Å². The van der Waals surface area contributed by atoms with Gasteiger partial charge in [-0.2, -0.15) is 5.10 Å². The number of methoxy groups -OCH3 is 1. The molecule has 33 heavy (non-hydrogen) atoms. The number of benzene rings is 2. The number of unbranched alkanes of at least 4 members (excludes halogenated alkanes) is 1. The summed E-state index contributed by atoms with van der Waals surface area (Å²) in [5, 5.41) is 11.7. The first-order valence-electron chi connectivity index (χ1n) is 11.2. The maximum absolute atomic E-state index is 13.7. The molecule has 0 spiro atoms. The predicted molar refractivity (Wildman–Crippen MR) is 142 cm³/mol. The topological polar surface area (TPSA) is 71.0 Å². The predicted octanol–water partition coefficient (Wildman–Crippen LogP) is 3.07. The minimum Gasteiger partial charge on any atom is -0.468 e. The molecule has 0 fully saturated rings. The number of hydrogen-bond donors (Lipinski definition) is 1. The number of hydrazone groups is 1. The summed E-state index contributed by atoms with van der Waals surface area (Å²) >= 11 is 0. The van der Waals surface area contributed by atoms with Crippen LogP contribution in [-0.4, -0.2) is 36.8 Å². The van der Waals surface area contributed by atoms with Crippen molar-refractivity contribution in [1.29, 1.82) is 0 Å². The van der Waals surface area contributed by atoms with Crippen LogP contribution in [0, 0.1) is 12.8 Å². The molecule has 0 aliphatic carbocycles. The van der Waals surface area contributed by atoms with Crippen LogP contribution in [-0.2, 0) is 14.3 Å². The van der Waals surface area contributed by atoms with Gasteiger partial charge in [0.2, 0.25) is 5.91 Å². The number of anilines is 1. The van der Waals surface area contributed by atoms with Crippen molar-refractivity contribution >= 4 is 52.4 Å². The van der Waals surface area contributed by atoms with Crippen LogP contribution < -0.4 is 20.9 Å². The third-order valence-corrected chi connectivity index (χ3v) is 7.03. The zero-order chi connectivity index (χ0) is 24.2. The van der Waals surface area contributed by atoms with E-state index in [0.717, 1.165) is 46.8 Å². The van der Waals surface area contributed by atoms with Gasteiger partial charge in [0, 0.05) is 5.92 Å². The lowest BCUT2D eigenvalue weighted by molar-refractivity contribution is -0.141. The van der Waals surface area contributed by atoms with E-state index >= 15 is 0 Å². The van der Waals surface area contributed by atoms with E-state index in [-0.39, 0.29) is 18.4 Å². The average Bonchev–Trinajstić information content (AvgIpc) is 3.09. The smallest absolute Gasteiger partial charge is 0.325 e. The van der Waals surface area contributed by atoms with E-state index < -0.39 is 11.5 Å². The van der Waals surface area contributed by atoms with Crippen molar-refractivity contribution in [2.75, 3.05) is 18.7 Å². The summed E-state index contributed by atoms with van der Waals surface area (Å²) in [6, 6.07) is 14.3. The van der Waals surface area contributed by atoms with Crippen LogP contribution in [0.4, 0.5) is 5.69 Å². The molecule has 0 aromatic heterocycles. The number of hydrogen-bond acceptors (Lipinski definition) is 5. The fraction of sp³-hybridized carbons (Fsp3) is 0.400. The van der Waals surface area contributed by atoms with Gasteiger partial charge >= 0.3 is 5.97 Å². The first-order valence-corrected chi connectivity index (χ1v) is 12.3. The van der Waals surface area contributed by atoms with E-state index in [2.05, 4.69) is 61.9 Å². The fourth-order valence-electron chi connectivity index (χ4n) is 4.23. The third kappa shape index (κ3) is 5.28. The lowest BCUT2D eigenvalue weighted by Crippen LogP contribution is -2.59. The molecule has 1 aliphatic heterocycles. The Morgan fingerprint density at radius 2 is 1.88 bits per heavy atom. The molecular weight excluding hydrogens is 452 g/mol. The minimum atomic E-state index is -1.02. The van der Waals surface area contributed by atoms with Crippen molar-refractivity contribution in [3.05, 3.63) is 53.6 Å². The second kappa shape index (κ2) is 10.8. The van der Waals surface area contributed by atoms with E-state index in [1.165, 1.54) is 12.7 Å². The highest BCUT2D eigenvalue weighted by atomic mass is 31.0. The van der Waals surface area contributed by atoms with Crippen LogP contribution in [0.25, 0.3) is 0 Å². The van der Waals surface area contributed by atoms with Gasteiger partial charge in [-0.3, -0.25) is 9.59 Å². The zero-order valence-electron chi connectivity index (χ0n) is 19.7. The van der Waals surface area contributed by atoms with Gasteiger partial charge in [0.05, 0.1) is 18.5 Å². The maximum Gasteiger partial charge on any atom is 0.325 e. The van der Waals surface area contributed by atoms with E-state index in [1.54, 1.807) is 0 Å². The highest BCUT2D eigenvalue weighted by Crippen LogP contribution is 2.41. The van der Waals surface area contributed by atoms with Crippen LogP contribution in [0.3, 0.4) is 0 Å². The molecule has 1 aliphatic rings. The Morgan fingerprint density at radius 1 is 1.18 bits per heavy atom. The normalized spacial score (nSPS) is 19.9. The summed E-state index contributed by atoms with van der Waals surface area (Å²) in [6.07, 6.45) is 2.77. The van der Waals surface area contributed by atoms with Crippen molar-refractivity contribution in [1.82, 2.24) is 5.32 Å². The number of nitrogens with one attached hydrogen (secondary N) is 1.